The third-order valence-corrected chi connectivity index (χ3v) is 7.19. The molecule has 0 unspecified atom stereocenters. The van der Waals surface area contributed by atoms with Gasteiger partial charge in [-0.25, -0.2) is 21.9 Å². The molecule has 0 fully saturated rings. The minimum Gasteiger partial charge on any atom is -0.431 e. The maximum atomic E-state index is 13.7. The molecule has 1 aromatic heterocycles. The first kappa shape index (κ1) is 28.9. The summed E-state index contributed by atoms with van der Waals surface area (Å²) in [5, 5.41) is 16.6. The Balaban J connectivity index is 1.66. The molecule has 37 heavy (non-hydrogen) atoms. The fourth-order valence-electron chi connectivity index (χ4n) is 3.48. The molecule has 0 radical (unpaired) electrons. The van der Waals surface area contributed by atoms with E-state index in [-0.39, 0.29) is 42.4 Å². The Morgan fingerprint density at radius 3 is 2.57 bits per heavy atom. The average molecular weight is 648 g/mol. The van der Waals surface area contributed by atoms with E-state index >= 15 is 0 Å². The lowest BCUT2D eigenvalue weighted by Crippen LogP contribution is -2.49. The topological polar surface area (TPSA) is 134 Å². The number of hydrogen-bond donors (Lipinski definition) is 4. The van der Waals surface area contributed by atoms with Crippen molar-refractivity contribution in [2.24, 2.45) is 0 Å². The van der Waals surface area contributed by atoms with Gasteiger partial charge in [0.2, 0.25) is 15.9 Å². The molecule has 1 heterocycles. The van der Waals surface area contributed by atoms with Crippen molar-refractivity contribution in [3.8, 4) is 0 Å². The van der Waals surface area contributed by atoms with Crippen molar-refractivity contribution in [1.82, 2.24) is 15.6 Å². The van der Waals surface area contributed by atoms with E-state index in [1.54, 1.807) is 0 Å². The summed E-state index contributed by atoms with van der Waals surface area (Å²) in [4.78, 5) is 16.7. The van der Waals surface area contributed by atoms with Crippen LogP contribution >= 0.6 is 22.6 Å². The molecule has 0 saturated heterocycles. The third-order valence-electron chi connectivity index (χ3n) is 5.28. The fraction of sp³-hybridized carbons (Fsp3) is 0.333. The predicted octanol–water partition coefficient (Wildman–Crippen LogP) is 2.74. The molecule has 0 aliphatic carbocycles. The maximum absolute atomic E-state index is 13.7. The second kappa shape index (κ2) is 13.3. The number of oxazole rings is 1. The smallest absolute Gasteiger partial charge is 0.308 e. The molecule has 0 bridgehead atoms. The maximum Gasteiger partial charge on any atom is 0.308 e. The summed E-state index contributed by atoms with van der Waals surface area (Å²) in [7, 11) is -3.60. The second-order valence-corrected chi connectivity index (χ2v) is 11.6. The van der Waals surface area contributed by atoms with Crippen LogP contribution in [0.1, 0.15) is 23.7 Å². The van der Waals surface area contributed by atoms with Gasteiger partial charge in [0.25, 0.3) is 0 Å². The van der Waals surface area contributed by atoms with Crippen molar-refractivity contribution in [3.63, 3.8) is 0 Å². The molecule has 3 rings (SSSR count). The van der Waals surface area contributed by atoms with E-state index in [0.29, 0.717) is 6.54 Å². The number of anilines is 1. The zero-order valence-electron chi connectivity index (χ0n) is 19.9. The number of carbonyl (C=O) groups excluding carboxylic acids is 1. The van der Waals surface area contributed by atoms with Gasteiger partial charge in [-0.2, -0.15) is 4.98 Å². The number of sulfonamides is 1. The number of rotatable bonds is 13. The first-order valence-corrected chi connectivity index (χ1v) is 14.1. The molecule has 0 spiro atoms. The quantitative estimate of drug-likeness (QED) is 0.210. The summed E-state index contributed by atoms with van der Waals surface area (Å²) in [5.74, 6) is -2.26. The van der Waals surface area contributed by atoms with Crippen molar-refractivity contribution in [3.05, 3.63) is 80.8 Å². The zero-order valence-corrected chi connectivity index (χ0v) is 22.9. The number of aliphatic hydroxyl groups excluding tert-OH is 1. The number of nitrogens with one attached hydrogen (secondary N) is 3. The third kappa shape index (κ3) is 9.64. The van der Waals surface area contributed by atoms with Crippen LogP contribution in [0.4, 0.5) is 14.8 Å². The monoisotopic (exact) mass is 648 g/mol. The molecule has 2 atom stereocenters. The van der Waals surface area contributed by atoms with Crippen LogP contribution < -0.4 is 15.4 Å². The number of halogens is 3. The lowest BCUT2D eigenvalue weighted by molar-refractivity contribution is -0.122. The SMILES string of the molecule is CCS(=O)(=O)Nc1nc(CC(=O)N[C@@H](Cc2cc(F)cc(F)c2)[C@H](O)CNCc2cccc(I)c2)co1. The molecule has 3 aromatic rings. The van der Waals surface area contributed by atoms with Crippen LogP contribution in [0, 0.1) is 15.2 Å². The molecule has 4 N–H and O–H groups in total. The number of amides is 1. The van der Waals surface area contributed by atoms with Crippen LogP contribution in [0.2, 0.25) is 0 Å². The molecule has 0 saturated carbocycles. The first-order valence-electron chi connectivity index (χ1n) is 11.4. The number of aliphatic hydroxyl groups is 1. The van der Waals surface area contributed by atoms with E-state index in [0.717, 1.165) is 33.6 Å². The van der Waals surface area contributed by atoms with E-state index in [1.165, 1.54) is 6.92 Å². The van der Waals surface area contributed by atoms with Crippen molar-refractivity contribution in [1.29, 1.82) is 0 Å². The van der Waals surface area contributed by atoms with Gasteiger partial charge >= 0.3 is 6.01 Å². The molecular weight excluding hydrogens is 621 g/mol. The normalized spacial score (nSPS) is 13.2. The van der Waals surface area contributed by atoms with E-state index in [4.69, 9.17) is 4.42 Å². The van der Waals surface area contributed by atoms with E-state index in [9.17, 15) is 27.1 Å². The van der Waals surface area contributed by atoms with Gasteiger partial charge in [-0.05, 0) is 71.3 Å². The van der Waals surface area contributed by atoms with Gasteiger partial charge in [0, 0.05) is 22.7 Å². The van der Waals surface area contributed by atoms with Crippen LogP contribution in [0.3, 0.4) is 0 Å². The van der Waals surface area contributed by atoms with Gasteiger partial charge in [0.05, 0.1) is 30.0 Å². The lowest BCUT2D eigenvalue weighted by atomic mass is 10.00. The Bertz CT molecular complexity index is 1300. The van der Waals surface area contributed by atoms with E-state index in [2.05, 4.69) is 42.9 Å². The van der Waals surface area contributed by atoms with Crippen molar-refractivity contribution < 1.29 is 31.5 Å². The van der Waals surface area contributed by atoms with Gasteiger partial charge in [0.1, 0.15) is 17.9 Å². The lowest BCUT2D eigenvalue weighted by Gasteiger charge is -2.25. The Kier molecular flexibility index (Phi) is 10.4. The second-order valence-electron chi connectivity index (χ2n) is 8.31. The summed E-state index contributed by atoms with van der Waals surface area (Å²) < 4.78 is 59.0. The summed E-state index contributed by atoms with van der Waals surface area (Å²) in [6.45, 7) is 2.02. The number of nitrogens with zero attached hydrogens (tertiary/aromatic N) is 1. The number of benzene rings is 2. The molecule has 2 aromatic carbocycles. The zero-order chi connectivity index (χ0) is 27.0. The highest BCUT2D eigenvalue weighted by Gasteiger charge is 2.23. The number of hydrogen-bond acceptors (Lipinski definition) is 7. The van der Waals surface area contributed by atoms with Gasteiger partial charge in [-0.1, -0.05) is 12.1 Å². The van der Waals surface area contributed by atoms with Crippen LogP contribution in [-0.4, -0.2) is 48.9 Å². The summed E-state index contributed by atoms with van der Waals surface area (Å²) >= 11 is 2.20. The van der Waals surface area contributed by atoms with Crippen LogP contribution in [0.5, 0.6) is 0 Å². The Hall–Kier alpha value is -2.62. The van der Waals surface area contributed by atoms with Gasteiger partial charge in [0.15, 0.2) is 0 Å². The highest BCUT2D eigenvalue weighted by molar-refractivity contribution is 14.1. The first-order chi connectivity index (χ1) is 17.5. The van der Waals surface area contributed by atoms with Crippen LogP contribution in [-0.2, 0) is 34.2 Å². The Labute approximate surface area is 227 Å². The number of aromatic nitrogens is 1. The van der Waals surface area contributed by atoms with Crippen molar-refractivity contribution in [2.75, 3.05) is 17.0 Å². The number of carbonyl (C=O) groups is 1. The highest BCUT2D eigenvalue weighted by Crippen LogP contribution is 2.14. The molecule has 1 amide bonds. The highest BCUT2D eigenvalue weighted by atomic mass is 127. The summed E-state index contributed by atoms with van der Waals surface area (Å²) in [5.41, 5.74) is 1.43. The van der Waals surface area contributed by atoms with Gasteiger partial charge in [-0.15, -0.1) is 0 Å². The minimum absolute atomic E-state index is 0.0349. The van der Waals surface area contributed by atoms with Gasteiger partial charge in [-0.3, -0.25) is 4.79 Å². The molecule has 0 aliphatic rings. The fourth-order valence-corrected chi connectivity index (χ4v) is 4.59. The average Bonchev–Trinajstić information content (AvgIpc) is 3.23. The predicted molar refractivity (Wildman–Crippen MR) is 142 cm³/mol. The Morgan fingerprint density at radius 2 is 1.89 bits per heavy atom. The molecule has 200 valence electrons. The van der Waals surface area contributed by atoms with Crippen molar-refractivity contribution >= 4 is 44.5 Å². The van der Waals surface area contributed by atoms with E-state index in [1.807, 2.05) is 24.3 Å². The van der Waals surface area contributed by atoms with Crippen molar-refractivity contribution in [2.45, 2.75) is 38.5 Å². The van der Waals surface area contributed by atoms with Crippen LogP contribution in [0.15, 0.2) is 53.1 Å². The standard InChI is InChI=1S/C24H27F2IN4O5S/c1-2-37(34,35)31-24-29-20(14-36-24)11-23(33)30-21(9-16-6-17(25)10-18(26)7-16)22(32)13-28-12-15-4-3-5-19(27)8-15/h3-8,10,14,21-22,28,32H,2,9,11-13H2,1H3,(H,29,31)(H,30,33)/t21-,22+/m0/s1. The van der Waals surface area contributed by atoms with E-state index < -0.39 is 39.7 Å². The molecular formula is C24H27F2IN4O5S. The summed E-state index contributed by atoms with van der Waals surface area (Å²) in [6, 6.07) is 9.66. The molecule has 9 nitrogen and oxygen atoms in total. The molecule has 13 heteroatoms. The van der Waals surface area contributed by atoms with Gasteiger partial charge < -0.3 is 20.2 Å². The largest absolute Gasteiger partial charge is 0.431 e. The Morgan fingerprint density at radius 1 is 1.16 bits per heavy atom. The van der Waals surface area contributed by atoms with Crippen LogP contribution in [0.25, 0.3) is 0 Å². The summed E-state index contributed by atoms with van der Waals surface area (Å²) in [6.07, 6.45) is -0.258. The minimum atomic E-state index is -3.60. The molecule has 0 aliphatic heterocycles.